The molecule has 7 heteroatoms. The minimum atomic E-state index is -3.51. The van der Waals surface area contributed by atoms with Crippen LogP contribution in [0.3, 0.4) is 0 Å². The number of rotatable bonds is 5. The molecule has 0 bridgehead atoms. The van der Waals surface area contributed by atoms with Gasteiger partial charge >= 0.3 is 5.97 Å². The van der Waals surface area contributed by atoms with Crippen LogP contribution in [0, 0.1) is 5.41 Å². The predicted molar refractivity (Wildman–Crippen MR) is 70.5 cm³/mol. The molecule has 6 nitrogen and oxygen atoms in total. The van der Waals surface area contributed by atoms with Gasteiger partial charge in [-0.3, -0.25) is 9.59 Å². The highest BCUT2D eigenvalue weighted by Gasteiger charge is 2.50. The van der Waals surface area contributed by atoms with E-state index in [2.05, 4.69) is 5.32 Å². The molecule has 1 saturated carbocycles. The topological polar surface area (TPSA) is 101 Å². The molecule has 0 aromatic heterocycles. The highest BCUT2D eigenvalue weighted by Crippen LogP contribution is 2.36. The molecule has 110 valence electrons. The quantitative estimate of drug-likeness (QED) is 0.771. The number of carboxylic acids is 1. The van der Waals surface area contributed by atoms with Crippen LogP contribution < -0.4 is 5.32 Å². The van der Waals surface area contributed by atoms with Gasteiger partial charge in [0.2, 0.25) is 5.91 Å². The summed E-state index contributed by atoms with van der Waals surface area (Å²) in [6.45, 7) is 2.88. The molecule has 0 aliphatic heterocycles. The standard InChI is InChI=1S/C12H21NO5S/c1-11(2,10(15)16)8-13-9(14)12(19(3,17)18)6-4-5-7-12/h4-8H2,1-3H3,(H,13,14)(H,15,16). The molecular weight excluding hydrogens is 270 g/mol. The van der Waals surface area contributed by atoms with Crippen LogP contribution in [0.5, 0.6) is 0 Å². The summed E-state index contributed by atoms with van der Waals surface area (Å²) in [5.41, 5.74) is -1.12. The maximum absolute atomic E-state index is 12.2. The lowest BCUT2D eigenvalue weighted by atomic mass is 9.93. The SMILES string of the molecule is CC(C)(CNC(=O)C1(S(C)(=O)=O)CCCC1)C(=O)O. The minimum absolute atomic E-state index is 0.0849. The summed E-state index contributed by atoms with van der Waals surface area (Å²) in [7, 11) is -3.51. The molecule has 1 aliphatic carbocycles. The molecular formula is C12H21NO5S. The van der Waals surface area contributed by atoms with Gasteiger partial charge < -0.3 is 10.4 Å². The Bertz CT molecular complexity index is 474. The van der Waals surface area contributed by atoms with E-state index < -0.39 is 31.9 Å². The van der Waals surface area contributed by atoms with Crippen molar-refractivity contribution in [3.63, 3.8) is 0 Å². The van der Waals surface area contributed by atoms with Gasteiger partial charge in [-0.15, -0.1) is 0 Å². The first-order chi connectivity index (χ1) is 8.53. The van der Waals surface area contributed by atoms with Crippen LogP contribution in [0.15, 0.2) is 0 Å². The van der Waals surface area contributed by atoms with Crippen LogP contribution in [-0.2, 0) is 19.4 Å². The van der Waals surface area contributed by atoms with E-state index in [0.717, 1.165) is 6.26 Å². The first-order valence-electron chi connectivity index (χ1n) is 6.24. The van der Waals surface area contributed by atoms with Crippen LogP contribution in [0.1, 0.15) is 39.5 Å². The number of nitrogens with one attached hydrogen (secondary N) is 1. The molecule has 1 fully saturated rings. The number of hydrogen-bond donors (Lipinski definition) is 2. The molecule has 0 atom stereocenters. The van der Waals surface area contributed by atoms with Crippen molar-refractivity contribution in [2.45, 2.75) is 44.3 Å². The zero-order valence-electron chi connectivity index (χ0n) is 11.5. The van der Waals surface area contributed by atoms with Gasteiger partial charge in [0.05, 0.1) is 5.41 Å². The summed E-state index contributed by atoms with van der Waals surface area (Å²) in [5, 5.41) is 11.5. The second-order valence-electron chi connectivity index (χ2n) is 5.85. The average Bonchev–Trinajstić information content (AvgIpc) is 2.75. The van der Waals surface area contributed by atoms with Gasteiger partial charge in [-0.2, -0.15) is 0 Å². The van der Waals surface area contributed by atoms with E-state index in [-0.39, 0.29) is 6.54 Å². The molecule has 0 radical (unpaired) electrons. The third-order valence-electron chi connectivity index (χ3n) is 3.80. The molecule has 0 aromatic carbocycles. The Morgan fingerprint density at radius 1 is 1.26 bits per heavy atom. The fraction of sp³-hybridized carbons (Fsp3) is 0.833. The molecule has 0 unspecified atom stereocenters. The second-order valence-corrected chi connectivity index (χ2v) is 8.17. The number of aliphatic carboxylic acids is 1. The van der Waals surface area contributed by atoms with Gasteiger partial charge in [0.15, 0.2) is 9.84 Å². The number of amides is 1. The van der Waals surface area contributed by atoms with Gasteiger partial charge in [-0.05, 0) is 26.7 Å². The van der Waals surface area contributed by atoms with Gasteiger partial charge in [0, 0.05) is 12.8 Å². The van der Waals surface area contributed by atoms with Crippen molar-refractivity contribution in [1.29, 1.82) is 0 Å². The molecule has 1 aliphatic rings. The molecule has 2 N–H and O–H groups in total. The molecule has 0 aromatic rings. The molecule has 1 amide bonds. The van der Waals surface area contributed by atoms with Crippen molar-refractivity contribution >= 4 is 21.7 Å². The lowest BCUT2D eigenvalue weighted by molar-refractivity contribution is -0.146. The largest absolute Gasteiger partial charge is 0.481 e. The van der Waals surface area contributed by atoms with Crippen molar-refractivity contribution in [3.05, 3.63) is 0 Å². The smallest absolute Gasteiger partial charge is 0.310 e. The van der Waals surface area contributed by atoms with Gasteiger partial charge in [0.1, 0.15) is 4.75 Å². The van der Waals surface area contributed by atoms with Crippen molar-refractivity contribution in [3.8, 4) is 0 Å². The average molecular weight is 291 g/mol. The number of sulfone groups is 1. The Kier molecular flexibility index (Phi) is 4.29. The highest BCUT2D eigenvalue weighted by atomic mass is 32.2. The fourth-order valence-corrected chi connectivity index (χ4v) is 3.69. The van der Waals surface area contributed by atoms with Crippen LogP contribution in [0.25, 0.3) is 0 Å². The van der Waals surface area contributed by atoms with Gasteiger partial charge in [0.25, 0.3) is 0 Å². The van der Waals surface area contributed by atoms with Crippen LogP contribution in [0.4, 0.5) is 0 Å². The van der Waals surface area contributed by atoms with E-state index in [1.807, 2.05) is 0 Å². The summed E-state index contributed by atoms with van der Waals surface area (Å²) < 4.78 is 22.4. The third-order valence-corrected chi connectivity index (χ3v) is 5.82. The zero-order chi connectivity index (χ0) is 14.9. The number of carbonyl (C=O) groups is 2. The van der Waals surface area contributed by atoms with E-state index in [1.54, 1.807) is 0 Å². The Hall–Kier alpha value is -1.11. The first-order valence-corrected chi connectivity index (χ1v) is 8.13. The Labute approximate surface area is 113 Å². The first kappa shape index (κ1) is 15.9. The second kappa shape index (κ2) is 5.11. The van der Waals surface area contributed by atoms with Crippen molar-refractivity contribution in [2.24, 2.45) is 5.41 Å². The molecule has 1 rings (SSSR count). The Morgan fingerprint density at radius 2 is 1.74 bits per heavy atom. The third kappa shape index (κ3) is 3.08. The summed E-state index contributed by atoms with van der Waals surface area (Å²) in [6.07, 6.45) is 3.09. The summed E-state index contributed by atoms with van der Waals surface area (Å²) in [6, 6.07) is 0. The van der Waals surface area contributed by atoms with E-state index in [1.165, 1.54) is 13.8 Å². The summed E-state index contributed by atoms with van der Waals surface area (Å²) >= 11 is 0. The lowest BCUT2D eigenvalue weighted by Gasteiger charge is -2.28. The van der Waals surface area contributed by atoms with Gasteiger partial charge in [-0.1, -0.05) is 12.8 Å². The maximum atomic E-state index is 12.2. The van der Waals surface area contributed by atoms with Crippen LogP contribution in [0.2, 0.25) is 0 Å². The van der Waals surface area contributed by atoms with Crippen molar-refractivity contribution in [1.82, 2.24) is 5.32 Å². The number of hydrogen-bond acceptors (Lipinski definition) is 4. The van der Waals surface area contributed by atoms with Crippen LogP contribution >= 0.6 is 0 Å². The van der Waals surface area contributed by atoms with Crippen molar-refractivity contribution in [2.75, 3.05) is 12.8 Å². The molecule has 0 heterocycles. The monoisotopic (exact) mass is 291 g/mol. The van der Waals surface area contributed by atoms with E-state index >= 15 is 0 Å². The molecule has 0 spiro atoms. The summed E-state index contributed by atoms with van der Waals surface area (Å²) in [4.78, 5) is 23.2. The highest BCUT2D eigenvalue weighted by molar-refractivity contribution is 7.92. The van der Waals surface area contributed by atoms with E-state index in [4.69, 9.17) is 5.11 Å². The van der Waals surface area contributed by atoms with Crippen LogP contribution in [-0.4, -0.2) is 42.9 Å². The maximum Gasteiger partial charge on any atom is 0.310 e. The van der Waals surface area contributed by atoms with Crippen molar-refractivity contribution < 1.29 is 23.1 Å². The molecule has 19 heavy (non-hydrogen) atoms. The van der Waals surface area contributed by atoms with E-state index in [0.29, 0.717) is 25.7 Å². The number of carbonyl (C=O) groups excluding carboxylic acids is 1. The predicted octanol–water partition coefficient (Wildman–Crippen LogP) is 0.571. The molecule has 0 saturated heterocycles. The lowest BCUT2D eigenvalue weighted by Crippen LogP contribution is -2.52. The van der Waals surface area contributed by atoms with Gasteiger partial charge in [-0.25, -0.2) is 8.42 Å². The summed E-state index contributed by atoms with van der Waals surface area (Å²) in [5.74, 6) is -1.60. The normalized spacial score (nSPS) is 19.1. The minimum Gasteiger partial charge on any atom is -0.481 e. The zero-order valence-corrected chi connectivity index (χ0v) is 12.3. The number of carboxylic acid groups (broad SMARTS) is 1. The Balaban J connectivity index is 2.85. The van der Waals surface area contributed by atoms with E-state index in [9.17, 15) is 18.0 Å². The Morgan fingerprint density at radius 3 is 2.11 bits per heavy atom. The fourth-order valence-electron chi connectivity index (χ4n) is 2.25.